The highest BCUT2D eigenvalue weighted by molar-refractivity contribution is 6.09. The molecule has 1 aliphatic carbocycles. The second-order valence-corrected chi connectivity index (χ2v) is 8.69. The third-order valence-corrected chi connectivity index (χ3v) is 6.39. The van der Waals surface area contributed by atoms with E-state index in [4.69, 9.17) is 14.5 Å². The van der Waals surface area contributed by atoms with Crippen molar-refractivity contribution in [1.29, 1.82) is 0 Å². The van der Waals surface area contributed by atoms with E-state index in [2.05, 4.69) is 25.1 Å². The van der Waals surface area contributed by atoms with E-state index in [-0.39, 0.29) is 5.91 Å². The molecule has 32 heavy (non-hydrogen) atoms. The summed E-state index contributed by atoms with van der Waals surface area (Å²) in [6, 6.07) is 16.1. The molecule has 2 aromatic carbocycles. The summed E-state index contributed by atoms with van der Waals surface area (Å²) in [5.41, 5.74) is 6.04. The number of aromatic nitrogens is 1. The van der Waals surface area contributed by atoms with Gasteiger partial charge in [0, 0.05) is 18.5 Å². The van der Waals surface area contributed by atoms with Gasteiger partial charge in [0.1, 0.15) is 5.75 Å². The Morgan fingerprint density at radius 3 is 2.59 bits per heavy atom. The molecular weight excluding hydrogens is 400 g/mol. The molecule has 3 aromatic rings. The number of allylic oxidation sites excluding steroid dienone is 1. The molecule has 0 saturated carbocycles. The van der Waals surface area contributed by atoms with Gasteiger partial charge in [0.15, 0.2) is 0 Å². The molecule has 2 heterocycles. The summed E-state index contributed by atoms with van der Waals surface area (Å²) in [5, 5.41) is 0.945. The average Bonchev–Trinajstić information content (AvgIpc) is 2.83. The first kappa shape index (κ1) is 20.7. The molecule has 1 saturated heterocycles. The number of methoxy groups -OCH3 is 1. The Balaban J connectivity index is 1.67. The van der Waals surface area contributed by atoms with Crippen molar-refractivity contribution in [2.45, 2.75) is 19.8 Å². The highest BCUT2D eigenvalue weighted by Crippen LogP contribution is 2.39. The van der Waals surface area contributed by atoms with Crippen LogP contribution in [-0.2, 0) is 11.2 Å². The first-order chi connectivity index (χ1) is 15.6. The lowest BCUT2D eigenvalue weighted by Gasteiger charge is -2.31. The smallest absolute Gasteiger partial charge is 0.255 e. The first-order valence-corrected chi connectivity index (χ1v) is 11.3. The summed E-state index contributed by atoms with van der Waals surface area (Å²) in [5.74, 6) is 1.37. The minimum atomic E-state index is 0.0982. The van der Waals surface area contributed by atoms with Crippen LogP contribution >= 0.6 is 0 Å². The van der Waals surface area contributed by atoms with Crippen LogP contribution in [-0.4, -0.2) is 49.2 Å². The number of ether oxygens (including phenoxy) is 2. The van der Waals surface area contributed by atoms with E-state index < -0.39 is 0 Å². The quantitative estimate of drug-likeness (QED) is 0.599. The van der Waals surface area contributed by atoms with Crippen LogP contribution in [0, 0.1) is 5.92 Å². The number of para-hydroxylation sites is 1. The summed E-state index contributed by atoms with van der Waals surface area (Å²) in [7, 11) is 1.68. The maximum atomic E-state index is 13.7. The standard InChI is InChI=1S/C27H28N2O3/c1-18-15-20(17-19-7-9-21(31-2)10-8-19)26-23(16-18)25(22-5-3-4-6-24(22)28-26)27(30)29-11-13-32-14-12-29/h3-10,17-18H,11-16H2,1-2H3. The maximum absolute atomic E-state index is 13.7. The van der Waals surface area contributed by atoms with Crippen LogP contribution < -0.4 is 4.74 Å². The Morgan fingerprint density at radius 1 is 1.09 bits per heavy atom. The molecule has 5 rings (SSSR count). The second kappa shape index (κ2) is 8.75. The SMILES string of the molecule is COc1ccc(C=C2CC(C)Cc3c2nc2ccccc2c3C(=O)N2CCOCC2)cc1. The van der Waals surface area contributed by atoms with Crippen LogP contribution in [0.4, 0.5) is 0 Å². The monoisotopic (exact) mass is 428 g/mol. The zero-order valence-electron chi connectivity index (χ0n) is 18.6. The van der Waals surface area contributed by atoms with Crippen LogP contribution in [0.3, 0.4) is 0 Å². The topological polar surface area (TPSA) is 51.7 Å². The van der Waals surface area contributed by atoms with E-state index in [1.807, 2.05) is 41.3 Å². The van der Waals surface area contributed by atoms with Crippen LogP contribution in [0.5, 0.6) is 5.75 Å². The number of carbonyl (C=O) groups is 1. The van der Waals surface area contributed by atoms with Crippen molar-refractivity contribution < 1.29 is 14.3 Å². The van der Waals surface area contributed by atoms with Crippen LogP contribution in [0.1, 0.15) is 40.5 Å². The number of nitrogens with zero attached hydrogens (tertiary/aromatic N) is 2. The number of fused-ring (bicyclic) bond motifs is 2. The Labute approximate surface area is 188 Å². The number of pyridine rings is 1. The Bertz CT molecular complexity index is 1180. The van der Waals surface area contributed by atoms with E-state index in [1.54, 1.807) is 7.11 Å². The van der Waals surface area contributed by atoms with Gasteiger partial charge in [0.05, 0.1) is 37.1 Å². The van der Waals surface area contributed by atoms with Gasteiger partial charge in [-0.1, -0.05) is 37.3 Å². The lowest BCUT2D eigenvalue weighted by atomic mass is 9.80. The van der Waals surface area contributed by atoms with Crippen molar-refractivity contribution >= 4 is 28.5 Å². The number of rotatable bonds is 3. The number of morpholine rings is 1. The highest BCUT2D eigenvalue weighted by atomic mass is 16.5. The zero-order valence-corrected chi connectivity index (χ0v) is 18.6. The van der Waals surface area contributed by atoms with Crippen LogP contribution in [0.2, 0.25) is 0 Å². The minimum absolute atomic E-state index is 0.0982. The summed E-state index contributed by atoms with van der Waals surface area (Å²) >= 11 is 0. The molecule has 1 unspecified atom stereocenters. The number of benzene rings is 2. The molecule has 0 spiro atoms. The van der Waals surface area contributed by atoms with Gasteiger partial charge in [-0.15, -0.1) is 0 Å². The van der Waals surface area contributed by atoms with E-state index >= 15 is 0 Å². The van der Waals surface area contributed by atoms with Crippen molar-refractivity contribution in [3.05, 3.63) is 70.9 Å². The van der Waals surface area contributed by atoms with Crippen LogP contribution in [0.25, 0.3) is 22.6 Å². The molecule has 1 amide bonds. The molecule has 1 aliphatic heterocycles. The van der Waals surface area contributed by atoms with Crippen molar-refractivity contribution in [3.8, 4) is 5.75 Å². The molecule has 5 heteroatoms. The predicted molar refractivity (Wildman–Crippen MR) is 127 cm³/mol. The fourth-order valence-corrected chi connectivity index (χ4v) is 4.81. The average molecular weight is 429 g/mol. The molecule has 2 aliphatic rings. The van der Waals surface area contributed by atoms with Crippen LogP contribution in [0.15, 0.2) is 48.5 Å². The number of carbonyl (C=O) groups excluding carboxylic acids is 1. The summed E-state index contributed by atoms with van der Waals surface area (Å²) in [6.07, 6.45) is 4.01. The molecule has 0 radical (unpaired) electrons. The molecule has 164 valence electrons. The van der Waals surface area contributed by atoms with Crippen molar-refractivity contribution in [3.63, 3.8) is 0 Å². The number of amides is 1. The molecule has 1 aromatic heterocycles. The van der Waals surface area contributed by atoms with Gasteiger partial charge in [0.2, 0.25) is 0 Å². The molecule has 1 fully saturated rings. The second-order valence-electron chi connectivity index (χ2n) is 8.69. The molecular formula is C27H28N2O3. The van der Waals surface area contributed by atoms with Gasteiger partial charge in [-0.3, -0.25) is 4.79 Å². The van der Waals surface area contributed by atoms with Gasteiger partial charge >= 0.3 is 0 Å². The molecule has 5 nitrogen and oxygen atoms in total. The largest absolute Gasteiger partial charge is 0.497 e. The number of hydrogen-bond donors (Lipinski definition) is 0. The fourth-order valence-electron chi connectivity index (χ4n) is 4.81. The van der Waals surface area contributed by atoms with Gasteiger partial charge in [0.25, 0.3) is 5.91 Å². The molecule has 1 atom stereocenters. The van der Waals surface area contributed by atoms with E-state index in [1.165, 1.54) is 5.57 Å². The Kier molecular flexibility index (Phi) is 5.66. The van der Waals surface area contributed by atoms with Gasteiger partial charge in [-0.25, -0.2) is 4.98 Å². The Morgan fingerprint density at radius 2 is 1.84 bits per heavy atom. The van der Waals surface area contributed by atoms with E-state index in [0.717, 1.165) is 51.9 Å². The summed E-state index contributed by atoms with van der Waals surface area (Å²) < 4.78 is 10.8. The Hall–Kier alpha value is -3.18. The zero-order chi connectivity index (χ0) is 22.1. The van der Waals surface area contributed by atoms with Gasteiger partial charge in [-0.2, -0.15) is 0 Å². The normalized spacial score (nSPS) is 19.8. The highest BCUT2D eigenvalue weighted by Gasteiger charge is 2.30. The van der Waals surface area contributed by atoms with E-state index in [9.17, 15) is 4.79 Å². The van der Waals surface area contributed by atoms with Crippen molar-refractivity contribution in [2.24, 2.45) is 5.92 Å². The number of hydrogen-bond acceptors (Lipinski definition) is 4. The van der Waals surface area contributed by atoms with E-state index in [0.29, 0.717) is 32.2 Å². The van der Waals surface area contributed by atoms with Gasteiger partial charge < -0.3 is 14.4 Å². The first-order valence-electron chi connectivity index (χ1n) is 11.3. The summed E-state index contributed by atoms with van der Waals surface area (Å²) in [6.45, 7) is 4.71. The summed E-state index contributed by atoms with van der Waals surface area (Å²) in [4.78, 5) is 20.7. The third-order valence-electron chi connectivity index (χ3n) is 6.39. The van der Waals surface area contributed by atoms with Crippen molar-refractivity contribution in [2.75, 3.05) is 33.4 Å². The fraction of sp³-hybridized carbons (Fsp3) is 0.333. The maximum Gasteiger partial charge on any atom is 0.255 e. The van der Waals surface area contributed by atoms with Gasteiger partial charge in [-0.05, 0) is 59.7 Å². The third kappa shape index (κ3) is 3.89. The molecule has 0 N–H and O–H groups in total. The minimum Gasteiger partial charge on any atom is -0.497 e. The predicted octanol–water partition coefficient (Wildman–Crippen LogP) is 4.84. The van der Waals surface area contributed by atoms with Crippen molar-refractivity contribution in [1.82, 2.24) is 9.88 Å². The molecule has 0 bridgehead atoms. The lowest BCUT2D eigenvalue weighted by molar-refractivity contribution is 0.0303. The lowest BCUT2D eigenvalue weighted by Crippen LogP contribution is -2.41.